The van der Waals surface area contributed by atoms with Crippen LogP contribution in [0.15, 0.2) is 53.4 Å². The van der Waals surface area contributed by atoms with Crippen molar-refractivity contribution in [2.45, 2.75) is 48.7 Å². The van der Waals surface area contributed by atoms with Crippen LogP contribution in [0.25, 0.3) is 0 Å². The van der Waals surface area contributed by atoms with Crippen molar-refractivity contribution >= 4 is 33.4 Å². The molecule has 2 aromatic carbocycles. The number of thioether (sulfide) groups is 1. The molecule has 1 aliphatic carbocycles. The van der Waals surface area contributed by atoms with E-state index in [-0.39, 0.29) is 17.3 Å². The van der Waals surface area contributed by atoms with Gasteiger partial charge in [-0.3, -0.25) is 9.10 Å². The smallest absolute Gasteiger partial charge is 0.264 e. The normalized spacial score (nSPS) is 16.1. The van der Waals surface area contributed by atoms with Gasteiger partial charge in [0.2, 0.25) is 5.91 Å². The lowest BCUT2D eigenvalue weighted by Crippen LogP contribution is -2.41. The number of sulfonamides is 1. The number of nitrogens with zero attached hydrogens (tertiary/aromatic N) is 1. The van der Waals surface area contributed by atoms with Crippen LogP contribution in [0.5, 0.6) is 11.5 Å². The van der Waals surface area contributed by atoms with Gasteiger partial charge in [-0.15, -0.1) is 0 Å². The maximum Gasteiger partial charge on any atom is 0.264 e. The number of carbonyl (C=O) groups excluding carboxylic acids is 1. The molecule has 0 atom stereocenters. The van der Waals surface area contributed by atoms with E-state index in [2.05, 4.69) is 5.32 Å². The summed E-state index contributed by atoms with van der Waals surface area (Å²) in [7, 11) is -3.95. The molecule has 0 spiro atoms. The van der Waals surface area contributed by atoms with E-state index in [0.717, 1.165) is 21.7 Å². The first-order valence-corrected chi connectivity index (χ1v) is 14.4. The van der Waals surface area contributed by atoms with Crippen LogP contribution in [0, 0.1) is 0 Å². The van der Waals surface area contributed by atoms with Crippen molar-refractivity contribution in [3.05, 3.63) is 48.5 Å². The van der Waals surface area contributed by atoms with Gasteiger partial charge in [0.25, 0.3) is 10.0 Å². The van der Waals surface area contributed by atoms with Gasteiger partial charge in [-0.05, 0) is 49.3 Å². The van der Waals surface area contributed by atoms with Crippen molar-refractivity contribution in [1.29, 1.82) is 0 Å². The van der Waals surface area contributed by atoms with E-state index in [1.165, 1.54) is 44.2 Å². The summed E-state index contributed by atoms with van der Waals surface area (Å²) >= 11 is 1.99. The van der Waals surface area contributed by atoms with Crippen LogP contribution in [0.2, 0.25) is 0 Å². The molecule has 2 aromatic rings. The van der Waals surface area contributed by atoms with Gasteiger partial charge in [-0.2, -0.15) is 11.8 Å². The van der Waals surface area contributed by atoms with Crippen LogP contribution in [0.1, 0.15) is 38.5 Å². The standard InChI is InChI=1S/C25H32N2O5S2/c28-25(26-14-7-17-33-21-8-3-1-4-9-21)19-27(34(29,30)22-10-5-2-6-11-22)20-12-13-23-24(18-20)32-16-15-31-23/h2,5-6,10-13,18,21H,1,3-4,7-9,14-17,19H2,(H,26,28). The Bertz CT molecular complexity index is 1060. The highest BCUT2D eigenvalue weighted by Gasteiger charge is 2.28. The predicted octanol–water partition coefficient (Wildman–Crippen LogP) is 4.23. The van der Waals surface area contributed by atoms with Crippen LogP contribution in [0.3, 0.4) is 0 Å². The maximum absolute atomic E-state index is 13.5. The number of carbonyl (C=O) groups is 1. The van der Waals surface area contributed by atoms with Crippen LogP contribution in [0.4, 0.5) is 5.69 Å². The lowest BCUT2D eigenvalue weighted by atomic mass is 10.0. The van der Waals surface area contributed by atoms with Crippen molar-refractivity contribution in [3.8, 4) is 11.5 Å². The summed E-state index contributed by atoms with van der Waals surface area (Å²) in [5.74, 6) is 1.69. The molecule has 1 N–H and O–H groups in total. The van der Waals surface area contributed by atoms with Crippen LogP contribution in [-0.2, 0) is 14.8 Å². The topological polar surface area (TPSA) is 84.9 Å². The summed E-state index contributed by atoms with van der Waals surface area (Å²) < 4.78 is 39.2. The fourth-order valence-corrected chi connectivity index (χ4v) is 6.93. The van der Waals surface area contributed by atoms with E-state index >= 15 is 0 Å². The van der Waals surface area contributed by atoms with Gasteiger partial charge in [0.05, 0.1) is 10.6 Å². The number of rotatable bonds is 10. The SMILES string of the molecule is O=C(CN(c1ccc2c(c1)OCCO2)S(=O)(=O)c1ccccc1)NCCCSC1CCCCC1. The molecule has 184 valence electrons. The molecule has 1 amide bonds. The Hall–Kier alpha value is -2.39. The number of hydrogen-bond acceptors (Lipinski definition) is 6. The van der Waals surface area contributed by atoms with Gasteiger partial charge in [-0.25, -0.2) is 8.42 Å². The molecule has 34 heavy (non-hydrogen) atoms. The number of fused-ring (bicyclic) bond motifs is 1. The zero-order valence-electron chi connectivity index (χ0n) is 19.3. The first-order chi connectivity index (χ1) is 16.5. The largest absolute Gasteiger partial charge is 0.486 e. The van der Waals surface area contributed by atoms with E-state index in [9.17, 15) is 13.2 Å². The predicted molar refractivity (Wildman–Crippen MR) is 135 cm³/mol. The van der Waals surface area contributed by atoms with Crippen molar-refractivity contribution < 1.29 is 22.7 Å². The molecule has 0 radical (unpaired) electrons. The highest BCUT2D eigenvalue weighted by Crippen LogP contribution is 2.35. The third-order valence-electron chi connectivity index (χ3n) is 5.98. The Morgan fingerprint density at radius 2 is 1.74 bits per heavy atom. The second-order valence-electron chi connectivity index (χ2n) is 8.49. The number of benzene rings is 2. The molecule has 1 aliphatic heterocycles. The minimum absolute atomic E-state index is 0.126. The molecule has 1 fully saturated rings. The number of anilines is 1. The average molecular weight is 505 g/mol. The zero-order chi connectivity index (χ0) is 23.8. The molecule has 0 unspecified atom stereocenters. The Kier molecular flexibility index (Phi) is 8.61. The molecular weight excluding hydrogens is 472 g/mol. The van der Waals surface area contributed by atoms with Crippen molar-refractivity contribution in [2.75, 3.05) is 36.4 Å². The van der Waals surface area contributed by atoms with Gasteiger partial charge < -0.3 is 14.8 Å². The lowest BCUT2D eigenvalue weighted by molar-refractivity contribution is -0.119. The van der Waals surface area contributed by atoms with Gasteiger partial charge in [0, 0.05) is 17.9 Å². The second-order valence-corrected chi connectivity index (χ2v) is 11.8. The average Bonchev–Trinajstić information content (AvgIpc) is 2.88. The van der Waals surface area contributed by atoms with E-state index in [4.69, 9.17) is 9.47 Å². The third-order valence-corrected chi connectivity index (χ3v) is 9.24. The van der Waals surface area contributed by atoms with Crippen LogP contribution < -0.4 is 19.1 Å². The molecule has 4 rings (SSSR count). The molecule has 7 nitrogen and oxygen atoms in total. The quantitative estimate of drug-likeness (QED) is 0.488. The van der Waals surface area contributed by atoms with Crippen molar-refractivity contribution in [3.63, 3.8) is 0 Å². The summed E-state index contributed by atoms with van der Waals surface area (Å²) in [4.78, 5) is 12.9. The Labute approximate surface area is 206 Å². The van der Waals surface area contributed by atoms with Gasteiger partial charge >= 0.3 is 0 Å². The number of hydrogen-bond donors (Lipinski definition) is 1. The molecule has 0 aromatic heterocycles. The zero-order valence-corrected chi connectivity index (χ0v) is 20.9. The fraction of sp³-hybridized carbons (Fsp3) is 0.480. The summed E-state index contributed by atoms with van der Waals surface area (Å²) in [6.07, 6.45) is 7.43. The Morgan fingerprint density at radius 3 is 2.50 bits per heavy atom. The van der Waals surface area contributed by atoms with Gasteiger partial charge in [0.15, 0.2) is 11.5 Å². The maximum atomic E-state index is 13.5. The first kappa shape index (κ1) is 24.7. The van der Waals surface area contributed by atoms with E-state index in [0.29, 0.717) is 36.9 Å². The Balaban J connectivity index is 1.41. The van der Waals surface area contributed by atoms with Crippen LogP contribution in [-0.4, -0.2) is 51.6 Å². The molecular formula is C25H32N2O5S2. The Morgan fingerprint density at radius 1 is 1.00 bits per heavy atom. The van der Waals surface area contributed by atoms with Gasteiger partial charge in [0.1, 0.15) is 19.8 Å². The van der Waals surface area contributed by atoms with E-state index in [1.807, 2.05) is 11.8 Å². The minimum Gasteiger partial charge on any atom is -0.486 e. The summed E-state index contributed by atoms with van der Waals surface area (Å²) in [5, 5.41) is 3.63. The highest BCUT2D eigenvalue weighted by atomic mass is 32.2. The molecule has 0 bridgehead atoms. The minimum atomic E-state index is -3.95. The summed E-state index contributed by atoms with van der Waals surface area (Å²) in [6.45, 7) is 1.05. The monoisotopic (exact) mass is 504 g/mol. The van der Waals surface area contributed by atoms with Crippen LogP contribution >= 0.6 is 11.8 Å². The molecule has 0 saturated heterocycles. The van der Waals surface area contributed by atoms with E-state index < -0.39 is 10.0 Å². The molecule has 1 heterocycles. The van der Waals surface area contributed by atoms with Gasteiger partial charge in [-0.1, -0.05) is 37.5 Å². The lowest BCUT2D eigenvalue weighted by Gasteiger charge is -2.26. The number of amides is 1. The molecule has 1 saturated carbocycles. The van der Waals surface area contributed by atoms with Crippen molar-refractivity contribution in [1.82, 2.24) is 5.32 Å². The third kappa shape index (κ3) is 6.39. The van der Waals surface area contributed by atoms with Crippen molar-refractivity contribution in [2.24, 2.45) is 0 Å². The fourth-order valence-electron chi connectivity index (χ4n) is 4.19. The van der Waals surface area contributed by atoms with E-state index in [1.54, 1.807) is 36.4 Å². The molecule has 2 aliphatic rings. The first-order valence-electron chi connectivity index (χ1n) is 11.9. The second kappa shape index (κ2) is 11.8. The molecule has 9 heteroatoms. The highest BCUT2D eigenvalue weighted by molar-refractivity contribution is 7.99. The number of ether oxygens (including phenoxy) is 2. The summed E-state index contributed by atoms with van der Waals surface area (Å²) in [5.41, 5.74) is 0.358. The summed E-state index contributed by atoms with van der Waals surface area (Å²) in [6, 6.07) is 13.1. The number of nitrogens with one attached hydrogen (secondary N) is 1.